The van der Waals surface area contributed by atoms with E-state index in [1.807, 2.05) is 27.7 Å². The SMILES string of the molecule is C[C@H](Cl)C1CCN(C(=O)OC(C)(C)C)CC1. The molecule has 0 unspecified atom stereocenters. The summed E-state index contributed by atoms with van der Waals surface area (Å²) in [6, 6.07) is 0. The Kier molecular flexibility index (Phi) is 4.48. The summed E-state index contributed by atoms with van der Waals surface area (Å²) in [7, 11) is 0. The molecule has 1 saturated heterocycles. The van der Waals surface area contributed by atoms with Gasteiger partial charge in [-0.2, -0.15) is 0 Å². The molecule has 1 amide bonds. The monoisotopic (exact) mass is 247 g/mol. The Morgan fingerprint density at radius 2 is 1.88 bits per heavy atom. The maximum Gasteiger partial charge on any atom is 0.410 e. The third-order valence-electron chi connectivity index (χ3n) is 2.84. The highest BCUT2D eigenvalue weighted by atomic mass is 35.5. The highest BCUT2D eigenvalue weighted by Gasteiger charge is 2.28. The molecule has 94 valence electrons. The summed E-state index contributed by atoms with van der Waals surface area (Å²) < 4.78 is 5.33. The summed E-state index contributed by atoms with van der Waals surface area (Å²) >= 11 is 6.06. The van der Waals surface area contributed by atoms with E-state index in [4.69, 9.17) is 16.3 Å². The van der Waals surface area contributed by atoms with Crippen molar-refractivity contribution >= 4 is 17.7 Å². The van der Waals surface area contributed by atoms with Gasteiger partial charge in [0.1, 0.15) is 5.60 Å². The van der Waals surface area contributed by atoms with Crippen molar-refractivity contribution in [1.29, 1.82) is 0 Å². The Hall–Kier alpha value is -0.440. The van der Waals surface area contributed by atoms with Crippen molar-refractivity contribution < 1.29 is 9.53 Å². The van der Waals surface area contributed by atoms with Crippen LogP contribution in [0.4, 0.5) is 4.79 Å². The molecule has 1 heterocycles. The molecule has 0 aromatic carbocycles. The average Bonchev–Trinajstić information content (AvgIpc) is 2.15. The van der Waals surface area contributed by atoms with Crippen molar-refractivity contribution in [2.24, 2.45) is 5.92 Å². The first kappa shape index (κ1) is 13.6. The van der Waals surface area contributed by atoms with E-state index in [0.29, 0.717) is 5.92 Å². The number of amides is 1. The molecule has 1 fully saturated rings. The summed E-state index contributed by atoms with van der Waals surface area (Å²) in [5.41, 5.74) is -0.409. The molecule has 0 radical (unpaired) electrons. The van der Waals surface area contributed by atoms with Crippen LogP contribution < -0.4 is 0 Å². The zero-order chi connectivity index (χ0) is 12.3. The normalized spacial score (nSPS) is 20.7. The van der Waals surface area contributed by atoms with Gasteiger partial charge in [0.15, 0.2) is 0 Å². The maximum absolute atomic E-state index is 11.8. The Morgan fingerprint density at radius 1 is 1.38 bits per heavy atom. The van der Waals surface area contributed by atoms with E-state index in [9.17, 15) is 4.79 Å². The lowest BCUT2D eigenvalue weighted by atomic mass is 9.94. The summed E-state index contributed by atoms with van der Waals surface area (Å²) in [4.78, 5) is 13.5. The van der Waals surface area contributed by atoms with Crippen molar-refractivity contribution in [1.82, 2.24) is 4.90 Å². The molecule has 1 rings (SSSR count). The predicted octanol–water partition coefficient (Wildman–Crippen LogP) is 3.26. The van der Waals surface area contributed by atoms with Gasteiger partial charge in [0.2, 0.25) is 0 Å². The van der Waals surface area contributed by atoms with Crippen molar-refractivity contribution in [3.8, 4) is 0 Å². The van der Waals surface area contributed by atoms with E-state index in [1.165, 1.54) is 0 Å². The fraction of sp³-hybridized carbons (Fsp3) is 0.917. The van der Waals surface area contributed by atoms with E-state index in [1.54, 1.807) is 4.90 Å². The molecule has 0 aromatic heterocycles. The largest absolute Gasteiger partial charge is 0.444 e. The van der Waals surface area contributed by atoms with Crippen LogP contribution in [0.2, 0.25) is 0 Å². The number of rotatable bonds is 1. The molecule has 0 aliphatic carbocycles. The fourth-order valence-corrected chi connectivity index (χ4v) is 2.12. The van der Waals surface area contributed by atoms with Gasteiger partial charge >= 0.3 is 6.09 Å². The molecule has 0 N–H and O–H groups in total. The van der Waals surface area contributed by atoms with Crippen LogP contribution in [-0.4, -0.2) is 35.1 Å². The average molecular weight is 248 g/mol. The number of ether oxygens (including phenoxy) is 1. The van der Waals surface area contributed by atoms with Gasteiger partial charge in [-0.3, -0.25) is 0 Å². The molecule has 3 nitrogen and oxygen atoms in total. The molecular formula is C12H22ClNO2. The van der Waals surface area contributed by atoms with Gasteiger partial charge in [0.25, 0.3) is 0 Å². The molecule has 1 aliphatic rings. The lowest BCUT2D eigenvalue weighted by Crippen LogP contribution is -2.42. The minimum absolute atomic E-state index is 0.195. The Morgan fingerprint density at radius 3 is 2.25 bits per heavy atom. The van der Waals surface area contributed by atoms with Gasteiger partial charge in [-0.15, -0.1) is 11.6 Å². The molecular weight excluding hydrogens is 226 g/mol. The van der Waals surface area contributed by atoms with Gasteiger partial charge in [-0.25, -0.2) is 4.79 Å². The van der Waals surface area contributed by atoms with Gasteiger partial charge in [0, 0.05) is 18.5 Å². The molecule has 1 aliphatic heterocycles. The number of nitrogens with zero attached hydrogens (tertiary/aromatic N) is 1. The number of carbonyl (C=O) groups excluding carboxylic acids is 1. The Labute approximate surface area is 103 Å². The number of hydrogen-bond acceptors (Lipinski definition) is 2. The highest BCUT2D eigenvalue weighted by molar-refractivity contribution is 6.20. The summed E-state index contributed by atoms with van der Waals surface area (Å²) in [6.45, 7) is 9.21. The van der Waals surface area contributed by atoms with E-state index < -0.39 is 5.60 Å². The number of hydrogen-bond donors (Lipinski definition) is 0. The standard InChI is InChI=1S/C12H22ClNO2/c1-9(13)10-5-7-14(8-6-10)11(15)16-12(2,3)4/h9-10H,5-8H2,1-4H3/t9-/m0/s1. The van der Waals surface area contributed by atoms with Crippen molar-refractivity contribution in [3.05, 3.63) is 0 Å². The van der Waals surface area contributed by atoms with Crippen LogP contribution in [0.15, 0.2) is 0 Å². The van der Waals surface area contributed by atoms with Gasteiger partial charge in [-0.1, -0.05) is 0 Å². The third kappa shape index (κ3) is 4.20. The van der Waals surface area contributed by atoms with Crippen LogP contribution in [0, 0.1) is 5.92 Å². The van der Waals surface area contributed by atoms with Crippen LogP contribution in [0.1, 0.15) is 40.5 Å². The van der Waals surface area contributed by atoms with E-state index in [-0.39, 0.29) is 11.5 Å². The van der Waals surface area contributed by atoms with Crippen molar-refractivity contribution in [2.75, 3.05) is 13.1 Å². The summed E-state index contributed by atoms with van der Waals surface area (Å²) in [6.07, 6.45) is 1.75. The van der Waals surface area contributed by atoms with E-state index in [2.05, 4.69) is 0 Å². The number of piperidine rings is 1. The topological polar surface area (TPSA) is 29.5 Å². The quantitative estimate of drug-likeness (QED) is 0.666. The van der Waals surface area contributed by atoms with Gasteiger partial charge < -0.3 is 9.64 Å². The van der Waals surface area contributed by atoms with Crippen LogP contribution in [0.5, 0.6) is 0 Å². The summed E-state index contributed by atoms with van der Waals surface area (Å²) in [5.74, 6) is 0.528. The first-order valence-corrected chi connectivity index (χ1v) is 6.35. The first-order chi connectivity index (χ1) is 7.29. The Balaban J connectivity index is 2.39. The minimum Gasteiger partial charge on any atom is -0.444 e. The van der Waals surface area contributed by atoms with E-state index >= 15 is 0 Å². The van der Waals surface area contributed by atoms with E-state index in [0.717, 1.165) is 25.9 Å². The molecule has 1 atom stereocenters. The molecule has 16 heavy (non-hydrogen) atoms. The predicted molar refractivity (Wildman–Crippen MR) is 65.8 cm³/mol. The smallest absolute Gasteiger partial charge is 0.410 e. The minimum atomic E-state index is -0.409. The second kappa shape index (κ2) is 5.26. The lowest BCUT2D eigenvalue weighted by Gasteiger charge is -2.34. The van der Waals surface area contributed by atoms with Gasteiger partial charge in [-0.05, 0) is 46.5 Å². The molecule has 0 saturated carbocycles. The number of alkyl halides is 1. The lowest BCUT2D eigenvalue weighted by molar-refractivity contribution is 0.0184. The molecule has 0 aromatic rings. The number of likely N-dealkylation sites (tertiary alicyclic amines) is 1. The highest BCUT2D eigenvalue weighted by Crippen LogP contribution is 2.24. The fourth-order valence-electron chi connectivity index (χ4n) is 1.87. The van der Waals surface area contributed by atoms with Crippen LogP contribution in [-0.2, 0) is 4.74 Å². The van der Waals surface area contributed by atoms with Crippen LogP contribution >= 0.6 is 11.6 Å². The van der Waals surface area contributed by atoms with Crippen molar-refractivity contribution in [3.63, 3.8) is 0 Å². The molecule has 0 bridgehead atoms. The van der Waals surface area contributed by atoms with Crippen molar-refractivity contribution in [2.45, 2.75) is 51.5 Å². The zero-order valence-electron chi connectivity index (χ0n) is 10.6. The second-order valence-electron chi connectivity index (χ2n) is 5.48. The third-order valence-corrected chi connectivity index (χ3v) is 3.20. The van der Waals surface area contributed by atoms with Crippen LogP contribution in [0.3, 0.4) is 0 Å². The first-order valence-electron chi connectivity index (χ1n) is 5.91. The second-order valence-corrected chi connectivity index (χ2v) is 6.17. The zero-order valence-corrected chi connectivity index (χ0v) is 11.4. The van der Waals surface area contributed by atoms with Gasteiger partial charge in [0.05, 0.1) is 0 Å². The molecule has 0 spiro atoms. The van der Waals surface area contributed by atoms with Crippen LogP contribution in [0.25, 0.3) is 0 Å². The number of carbonyl (C=O) groups is 1. The maximum atomic E-state index is 11.8. The Bertz CT molecular complexity index is 240. The number of halogens is 1. The molecule has 4 heteroatoms. The summed E-state index contributed by atoms with van der Waals surface area (Å²) in [5, 5.41) is 0.195.